The highest BCUT2D eigenvalue weighted by Crippen LogP contribution is 2.37. The van der Waals surface area contributed by atoms with Crippen LogP contribution in [0.4, 0.5) is 11.6 Å². The standard InChI is InChI=1S/C25H26ClN3O5S2/c1-6-18(28-25-20(26)15(5)29-34-25)36(32,33)23-14(4)11-35-22(23)24(31)27-17-10-12(2)9-13(3)19(17)21(30)16-7-8-16/h6,9-11,16,18,28H,1,7-8H2,2-5H3,(H,27,31). The maximum Gasteiger partial charge on any atom is 0.267 e. The number of nitrogens with zero attached hydrogens (tertiary/aromatic N) is 1. The van der Waals surface area contributed by atoms with Crippen molar-refractivity contribution >= 4 is 56.0 Å². The van der Waals surface area contributed by atoms with Crippen molar-refractivity contribution in [3.8, 4) is 0 Å². The third kappa shape index (κ3) is 4.85. The van der Waals surface area contributed by atoms with Crippen molar-refractivity contribution in [1.29, 1.82) is 0 Å². The van der Waals surface area contributed by atoms with Crippen LogP contribution < -0.4 is 10.6 Å². The maximum atomic E-state index is 13.7. The van der Waals surface area contributed by atoms with E-state index in [1.54, 1.807) is 25.3 Å². The fourth-order valence-electron chi connectivity index (χ4n) is 4.03. The van der Waals surface area contributed by atoms with Gasteiger partial charge in [0.1, 0.15) is 15.6 Å². The van der Waals surface area contributed by atoms with Gasteiger partial charge in [0.05, 0.1) is 10.6 Å². The van der Waals surface area contributed by atoms with Crippen LogP contribution in [-0.4, -0.2) is 30.6 Å². The minimum absolute atomic E-state index is 0.00461. The predicted octanol–water partition coefficient (Wildman–Crippen LogP) is 5.87. The number of nitrogens with one attached hydrogen (secondary N) is 2. The van der Waals surface area contributed by atoms with Crippen LogP contribution >= 0.6 is 22.9 Å². The van der Waals surface area contributed by atoms with Crippen LogP contribution in [-0.2, 0) is 9.84 Å². The van der Waals surface area contributed by atoms with Gasteiger partial charge in [-0.3, -0.25) is 9.59 Å². The summed E-state index contributed by atoms with van der Waals surface area (Å²) < 4.78 is 32.4. The minimum Gasteiger partial charge on any atom is -0.337 e. The van der Waals surface area contributed by atoms with E-state index in [0.29, 0.717) is 22.5 Å². The van der Waals surface area contributed by atoms with E-state index in [0.717, 1.165) is 35.3 Å². The fourth-order valence-corrected chi connectivity index (χ4v) is 7.19. The summed E-state index contributed by atoms with van der Waals surface area (Å²) >= 11 is 7.16. The molecule has 0 spiro atoms. The summed E-state index contributed by atoms with van der Waals surface area (Å²) in [6.07, 6.45) is 2.85. The molecule has 0 radical (unpaired) electrons. The van der Waals surface area contributed by atoms with Crippen LogP contribution in [0.3, 0.4) is 0 Å². The van der Waals surface area contributed by atoms with Crippen molar-refractivity contribution in [2.75, 3.05) is 10.6 Å². The van der Waals surface area contributed by atoms with Gasteiger partial charge in [0, 0.05) is 11.5 Å². The smallest absolute Gasteiger partial charge is 0.267 e. The van der Waals surface area contributed by atoms with Gasteiger partial charge < -0.3 is 15.2 Å². The summed E-state index contributed by atoms with van der Waals surface area (Å²) in [6.45, 7) is 10.6. The lowest BCUT2D eigenvalue weighted by atomic mass is 9.97. The number of Topliss-reactive ketones (excluding diaryl/α,β-unsaturated/α-hetero) is 1. The number of aromatic nitrogens is 1. The molecule has 1 saturated carbocycles. The number of amides is 1. The molecular formula is C25H26ClN3O5S2. The van der Waals surface area contributed by atoms with Crippen LogP contribution in [0.5, 0.6) is 0 Å². The average Bonchev–Trinajstić information content (AvgIpc) is 3.51. The first-order valence-corrected chi connectivity index (χ1v) is 14.1. The lowest BCUT2D eigenvalue weighted by Gasteiger charge is -2.17. The topological polar surface area (TPSA) is 118 Å². The molecule has 1 amide bonds. The summed E-state index contributed by atoms with van der Waals surface area (Å²) in [4.78, 5) is 26.3. The molecule has 2 aromatic heterocycles. The Kier molecular flexibility index (Phi) is 7.14. The Morgan fingerprint density at radius 3 is 2.50 bits per heavy atom. The Balaban J connectivity index is 1.70. The quantitative estimate of drug-likeness (QED) is 0.254. The largest absolute Gasteiger partial charge is 0.337 e. The zero-order chi connectivity index (χ0) is 26.4. The zero-order valence-corrected chi connectivity index (χ0v) is 22.7. The molecule has 1 atom stereocenters. The van der Waals surface area contributed by atoms with Crippen LogP contribution in [0.1, 0.15) is 55.3 Å². The van der Waals surface area contributed by atoms with Crippen LogP contribution in [0.2, 0.25) is 5.02 Å². The van der Waals surface area contributed by atoms with E-state index in [1.807, 2.05) is 19.9 Å². The monoisotopic (exact) mass is 547 g/mol. The molecule has 8 nitrogen and oxygen atoms in total. The molecule has 1 aromatic carbocycles. The molecule has 4 rings (SSSR count). The van der Waals surface area contributed by atoms with Crippen molar-refractivity contribution in [2.45, 2.75) is 50.8 Å². The minimum atomic E-state index is -4.15. The molecule has 2 heterocycles. The van der Waals surface area contributed by atoms with E-state index in [1.165, 1.54) is 6.08 Å². The van der Waals surface area contributed by atoms with Crippen molar-refractivity contribution in [2.24, 2.45) is 5.92 Å². The number of hydrogen-bond acceptors (Lipinski definition) is 8. The molecule has 36 heavy (non-hydrogen) atoms. The summed E-state index contributed by atoms with van der Waals surface area (Å²) in [6, 6.07) is 3.63. The highest BCUT2D eigenvalue weighted by molar-refractivity contribution is 7.92. The van der Waals surface area contributed by atoms with Gasteiger partial charge >= 0.3 is 0 Å². The van der Waals surface area contributed by atoms with Crippen molar-refractivity contribution in [3.63, 3.8) is 0 Å². The van der Waals surface area contributed by atoms with Gasteiger partial charge in [0.25, 0.3) is 5.91 Å². The molecule has 0 bridgehead atoms. The van der Waals surface area contributed by atoms with Gasteiger partial charge in [-0.25, -0.2) is 8.42 Å². The molecule has 3 aromatic rings. The SMILES string of the molecule is C=CC(Nc1onc(C)c1Cl)S(=O)(=O)c1c(C)csc1C(=O)Nc1cc(C)cc(C)c1C(=O)C1CC1. The lowest BCUT2D eigenvalue weighted by Crippen LogP contribution is -2.29. The molecule has 2 N–H and O–H groups in total. The average molecular weight is 548 g/mol. The number of carbonyl (C=O) groups is 2. The van der Waals surface area contributed by atoms with Crippen molar-refractivity contribution in [3.05, 3.63) is 68.0 Å². The number of hydrogen-bond donors (Lipinski definition) is 2. The molecule has 0 aliphatic heterocycles. The van der Waals surface area contributed by atoms with Crippen LogP contribution in [0.15, 0.2) is 39.6 Å². The first-order valence-electron chi connectivity index (χ1n) is 11.2. The van der Waals surface area contributed by atoms with E-state index in [2.05, 4.69) is 22.4 Å². The highest BCUT2D eigenvalue weighted by atomic mass is 35.5. The van der Waals surface area contributed by atoms with Gasteiger partial charge in [-0.1, -0.05) is 35.5 Å². The van der Waals surface area contributed by atoms with Crippen LogP contribution in [0.25, 0.3) is 0 Å². The van der Waals surface area contributed by atoms with E-state index in [-0.39, 0.29) is 32.4 Å². The van der Waals surface area contributed by atoms with E-state index in [4.69, 9.17) is 16.1 Å². The Bertz CT molecular complexity index is 1490. The second kappa shape index (κ2) is 9.84. The first-order chi connectivity index (χ1) is 16.9. The normalized spacial score (nSPS) is 14.4. The summed E-state index contributed by atoms with van der Waals surface area (Å²) in [5.74, 6) is -0.668. The number of anilines is 2. The lowest BCUT2D eigenvalue weighted by molar-refractivity contribution is 0.0968. The number of rotatable bonds is 9. The second-order valence-corrected chi connectivity index (χ2v) is 12.2. The summed E-state index contributed by atoms with van der Waals surface area (Å²) in [5, 5.41) is 9.66. The Morgan fingerprint density at radius 1 is 1.22 bits per heavy atom. The zero-order valence-electron chi connectivity index (χ0n) is 20.3. The van der Waals surface area contributed by atoms with Crippen LogP contribution in [0, 0.1) is 33.6 Å². The Morgan fingerprint density at radius 2 is 1.92 bits per heavy atom. The van der Waals surface area contributed by atoms with E-state index >= 15 is 0 Å². The second-order valence-electron chi connectivity index (χ2n) is 8.93. The molecular weight excluding hydrogens is 522 g/mol. The molecule has 190 valence electrons. The van der Waals surface area contributed by atoms with Crippen molar-refractivity contribution in [1.82, 2.24) is 5.16 Å². The van der Waals surface area contributed by atoms with Gasteiger partial charge in [-0.2, -0.15) is 0 Å². The van der Waals surface area contributed by atoms with E-state index < -0.39 is 21.1 Å². The number of ketones is 1. The third-order valence-electron chi connectivity index (χ3n) is 5.94. The van der Waals surface area contributed by atoms with Gasteiger partial charge in [0.15, 0.2) is 11.2 Å². The Hall–Kier alpha value is -2.95. The number of halogens is 1. The first kappa shape index (κ1) is 26.1. The molecule has 0 saturated heterocycles. The molecule has 1 aliphatic rings. The highest BCUT2D eigenvalue weighted by Gasteiger charge is 2.36. The van der Waals surface area contributed by atoms with E-state index in [9.17, 15) is 18.0 Å². The molecule has 11 heteroatoms. The Labute approximate surface area is 218 Å². The van der Waals surface area contributed by atoms with Gasteiger partial charge in [0.2, 0.25) is 15.7 Å². The maximum absolute atomic E-state index is 13.7. The number of benzene rings is 1. The number of aryl methyl sites for hydroxylation is 4. The summed E-state index contributed by atoms with van der Waals surface area (Å²) in [7, 11) is -4.15. The fraction of sp³-hybridized carbons (Fsp3) is 0.320. The predicted molar refractivity (Wildman–Crippen MR) is 141 cm³/mol. The molecule has 1 unspecified atom stereocenters. The number of thiophene rings is 1. The van der Waals surface area contributed by atoms with Crippen molar-refractivity contribution < 1.29 is 22.5 Å². The molecule has 1 fully saturated rings. The number of sulfone groups is 1. The molecule has 1 aliphatic carbocycles. The summed E-state index contributed by atoms with van der Waals surface area (Å²) in [5.41, 5.74) is 3.30. The number of carbonyl (C=O) groups excluding carboxylic acids is 2. The third-order valence-corrected chi connectivity index (χ3v) is 9.69. The van der Waals surface area contributed by atoms with Gasteiger partial charge in [-0.05, 0) is 68.7 Å². The van der Waals surface area contributed by atoms with Gasteiger partial charge in [-0.15, -0.1) is 11.3 Å².